The Kier molecular flexibility index (Phi) is 7.18. The molecule has 0 aromatic heterocycles. The van der Waals surface area contributed by atoms with Crippen LogP contribution in [-0.2, 0) is 22.5 Å². The minimum Gasteiger partial charge on any atom is -0.491 e. The van der Waals surface area contributed by atoms with E-state index in [1.54, 1.807) is 0 Å². The predicted molar refractivity (Wildman–Crippen MR) is 131 cm³/mol. The highest BCUT2D eigenvalue weighted by Gasteiger charge is 2.37. The Morgan fingerprint density at radius 2 is 1.80 bits per heavy atom. The van der Waals surface area contributed by atoms with Crippen LogP contribution in [0.5, 0.6) is 5.75 Å². The van der Waals surface area contributed by atoms with Crippen LogP contribution < -0.4 is 4.74 Å². The lowest BCUT2D eigenvalue weighted by atomic mass is 9.91. The van der Waals surface area contributed by atoms with E-state index in [1.165, 1.54) is 16.7 Å². The number of fused-ring (bicyclic) bond motifs is 1. The molecule has 0 amide bonds. The van der Waals surface area contributed by atoms with Crippen molar-refractivity contribution in [3.05, 3.63) is 100 Å². The van der Waals surface area contributed by atoms with Gasteiger partial charge >= 0.3 is 0 Å². The molecule has 6 nitrogen and oxygen atoms in total. The van der Waals surface area contributed by atoms with E-state index >= 15 is 0 Å². The van der Waals surface area contributed by atoms with Crippen LogP contribution in [0.4, 0.5) is 0 Å². The summed E-state index contributed by atoms with van der Waals surface area (Å²) in [6.07, 6.45) is -2.15. The van der Waals surface area contributed by atoms with Crippen molar-refractivity contribution in [2.45, 2.75) is 56.9 Å². The fourth-order valence-corrected chi connectivity index (χ4v) is 4.89. The number of hydrogen-bond donors (Lipinski definition) is 3. The summed E-state index contributed by atoms with van der Waals surface area (Å²) >= 11 is 0. The summed E-state index contributed by atoms with van der Waals surface area (Å²) in [5, 5.41) is 29.7. The molecule has 35 heavy (non-hydrogen) atoms. The molecule has 6 heteroatoms. The highest BCUT2D eigenvalue weighted by Crippen LogP contribution is 2.34. The number of aliphatic hydroxyl groups excluding tert-OH is 3. The van der Waals surface area contributed by atoms with Crippen molar-refractivity contribution in [1.29, 1.82) is 0 Å². The minimum absolute atomic E-state index is 0.0386. The van der Waals surface area contributed by atoms with E-state index in [9.17, 15) is 15.3 Å². The summed E-state index contributed by atoms with van der Waals surface area (Å²) in [4.78, 5) is 0. The van der Waals surface area contributed by atoms with Gasteiger partial charge in [-0.1, -0.05) is 54.6 Å². The lowest BCUT2D eigenvalue weighted by molar-refractivity contribution is -0.181. The largest absolute Gasteiger partial charge is 0.491 e. The highest BCUT2D eigenvalue weighted by atomic mass is 16.5. The zero-order valence-electron chi connectivity index (χ0n) is 19.8. The molecule has 2 heterocycles. The maximum atomic E-state index is 10.2. The Morgan fingerprint density at radius 1 is 1.00 bits per heavy atom. The van der Waals surface area contributed by atoms with Crippen molar-refractivity contribution < 1.29 is 29.5 Å². The maximum Gasteiger partial charge on any atom is 0.119 e. The van der Waals surface area contributed by atoms with E-state index in [-0.39, 0.29) is 18.8 Å². The molecule has 0 unspecified atom stereocenters. The molecule has 1 fully saturated rings. The predicted octanol–water partition coefficient (Wildman–Crippen LogP) is 3.78. The van der Waals surface area contributed by atoms with Crippen LogP contribution in [-0.4, -0.2) is 46.8 Å². The standard InChI is InChI=1S/C29H32O6/c1-18-6-9-20(26-14-25(31)29(32)27(15-30)35-26)13-22(18)12-19-7-10-23(11-8-19)33-17-28-24-5-3-2-4-21(24)16-34-28/h2-11,13,25-32H,12,14-17H2,1H3/t25-,26-,27-,28-,29+/m1/s1. The summed E-state index contributed by atoms with van der Waals surface area (Å²) in [6, 6.07) is 22.5. The Balaban J connectivity index is 1.23. The van der Waals surface area contributed by atoms with Crippen LogP contribution in [0.1, 0.15) is 52.0 Å². The van der Waals surface area contributed by atoms with Gasteiger partial charge in [-0.15, -0.1) is 0 Å². The van der Waals surface area contributed by atoms with Crippen molar-refractivity contribution in [2.24, 2.45) is 0 Å². The van der Waals surface area contributed by atoms with Crippen molar-refractivity contribution in [1.82, 2.24) is 0 Å². The van der Waals surface area contributed by atoms with E-state index in [0.29, 0.717) is 19.6 Å². The number of rotatable bonds is 7. The first-order valence-corrected chi connectivity index (χ1v) is 12.1. The van der Waals surface area contributed by atoms with Gasteiger partial charge in [0.05, 0.1) is 25.4 Å². The Hall–Kier alpha value is -2.74. The zero-order valence-corrected chi connectivity index (χ0v) is 19.8. The Morgan fingerprint density at radius 3 is 2.60 bits per heavy atom. The van der Waals surface area contributed by atoms with Gasteiger partial charge in [0.2, 0.25) is 0 Å². The SMILES string of the molecule is Cc1ccc([C@H]2C[C@@H](O)[C@H](O)[C@@H](CO)O2)cc1Cc1ccc(OC[C@H]2OCc3ccccc32)cc1. The Labute approximate surface area is 205 Å². The molecule has 5 rings (SSSR count). The van der Waals surface area contributed by atoms with Crippen LogP contribution in [0.3, 0.4) is 0 Å². The second-order valence-electron chi connectivity index (χ2n) is 9.46. The molecule has 0 aliphatic carbocycles. The smallest absolute Gasteiger partial charge is 0.119 e. The number of aryl methyl sites for hydroxylation is 1. The van der Waals surface area contributed by atoms with Crippen LogP contribution in [0.2, 0.25) is 0 Å². The normalized spacial score (nSPS) is 25.9. The molecule has 0 bridgehead atoms. The van der Waals surface area contributed by atoms with Gasteiger partial charge in [-0.3, -0.25) is 0 Å². The van der Waals surface area contributed by atoms with E-state index in [2.05, 4.69) is 43.3 Å². The molecule has 0 spiro atoms. The van der Waals surface area contributed by atoms with Crippen molar-refractivity contribution in [3.8, 4) is 5.75 Å². The second-order valence-corrected chi connectivity index (χ2v) is 9.46. The van der Waals surface area contributed by atoms with E-state index in [4.69, 9.17) is 14.2 Å². The molecule has 3 aromatic carbocycles. The Bertz CT molecular complexity index is 1140. The first-order chi connectivity index (χ1) is 17.0. The monoisotopic (exact) mass is 476 g/mol. The van der Waals surface area contributed by atoms with Gasteiger partial charge in [0.15, 0.2) is 0 Å². The third kappa shape index (κ3) is 5.27. The molecule has 1 saturated heterocycles. The van der Waals surface area contributed by atoms with Crippen LogP contribution in [0.25, 0.3) is 0 Å². The summed E-state index contributed by atoms with van der Waals surface area (Å²) in [5.41, 5.74) is 6.86. The van der Waals surface area contributed by atoms with Gasteiger partial charge in [-0.2, -0.15) is 0 Å². The summed E-state index contributed by atoms with van der Waals surface area (Å²) in [7, 11) is 0. The highest BCUT2D eigenvalue weighted by molar-refractivity contribution is 5.38. The van der Waals surface area contributed by atoms with Gasteiger partial charge in [0.25, 0.3) is 0 Å². The van der Waals surface area contributed by atoms with E-state index < -0.39 is 18.3 Å². The number of hydrogen-bond acceptors (Lipinski definition) is 6. The van der Waals surface area contributed by atoms with Gasteiger partial charge in [-0.25, -0.2) is 0 Å². The van der Waals surface area contributed by atoms with Crippen LogP contribution >= 0.6 is 0 Å². The third-order valence-corrected chi connectivity index (χ3v) is 7.06. The lowest BCUT2D eigenvalue weighted by Crippen LogP contribution is -2.47. The minimum atomic E-state index is -1.07. The molecule has 2 aliphatic rings. The van der Waals surface area contributed by atoms with Crippen molar-refractivity contribution in [2.75, 3.05) is 13.2 Å². The molecule has 184 valence electrons. The maximum absolute atomic E-state index is 10.2. The van der Waals surface area contributed by atoms with Crippen molar-refractivity contribution >= 4 is 0 Å². The van der Waals surface area contributed by atoms with Gasteiger partial charge in [0, 0.05) is 6.42 Å². The summed E-state index contributed by atoms with van der Waals surface area (Å²) < 4.78 is 17.7. The molecule has 3 N–H and O–H groups in total. The summed E-state index contributed by atoms with van der Waals surface area (Å²) in [6.45, 7) is 2.86. The van der Waals surface area contributed by atoms with Crippen LogP contribution in [0.15, 0.2) is 66.7 Å². The van der Waals surface area contributed by atoms with E-state index in [1.807, 2.05) is 30.3 Å². The molecule has 5 atom stereocenters. The molecular weight excluding hydrogens is 444 g/mol. The average Bonchev–Trinajstić information content (AvgIpc) is 3.29. The quantitative estimate of drug-likeness (QED) is 0.481. The number of benzene rings is 3. The second kappa shape index (κ2) is 10.5. The first kappa shape index (κ1) is 24.0. The third-order valence-electron chi connectivity index (χ3n) is 7.06. The van der Waals surface area contributed by atoms with Crippen molar-refractivity contribution in [3.63, 3.8) is 0 Å². The first-order valence-electron chi connectivity index (χ1n) is 12.1. The molecular formula is C29H32O6. The number of ether oxygens (including phenoxy) is 3. The zero-order chi connectivity index (χ0) is 24.4. The van der Waals surface area contributed by atoms with Gasteiger partial charge in [0.1, 0.15) is 30.7 Å². The molecule has 0 radical (unpaired) electrons. The molecule has 0 saturated carbocycles. The average molecular weight is 477 g/mol. The van der Waals surface area contributed by atoms with Gasteiger partial charge < -0.3 is 29.5 Å². The number of aliphatic hydroxyl groups is 3. The summed E-state index contributed by atoms with van der Waals surface area (Å²) in [5.74, 6) is 0.811. The fourth-order valence-electron chi connectivity index (χ4n) is 4.89. The molecule has 3 aromatic rings. The van der Waals surface area contributed by atoms with Gasteiger partial charge in [-0.05, 0) is 58.9 Å². The fraction of sp³-hybridized carbons (Fsp3) is 0.379. The lowest BCUT2D eigenvalue weighted by Gasteiger charge is -2.36. The van der Waals surface area contributed by atoms with Crippen LogP contribution in [0, 0.1) is 6.92 Å². The van der Waals surface area contributed by atoms with E-state index in [0.717, 1.165) is 28.9 Å². The topological polar surface area (TPSA) is 88.4 Å². The molecule has 2 aliphatic heterocycles.